The molecule has 0 nitrogen and oxygen atoms in total. The van der Waals surface area contributed by atoms with E-state index in [4.69, 9.17) is 0 Å². The van der Waals surface area contributed by atoms with E-state index in [0.717, 1.165) is 5.92 Å². The van der Waals surface area contributed by atoms with Crippen LogP contribution in [0, 0.1) is 5.92 Å². The zero-order chi connectivity index (χ0) is 7.49. The lowest BCUT2D eigenvalue weighted by Gasteiger charge is -2.16. The Balaban J connectivity index is 3.28. The van der Waals surface area contributed by atoms with E-state index in [1.807, 2.05) is 0 Å². The van der Waals surface area contributed by atoms with Gasteiger partial charge in [-0.15, -0.1) is 0 Å². The minimum atomic E-state index is 0.502. The summed E-state index contributed by atoms with van der Waals surface area (Å²) in [6.07, 6.45) is 2.70. The summed E-state index contributed by atoms with van der Waals surface area (Å²) in [5.74, 6) is 0.860. The Bertz CT molecular complexity index is 69.1. The molecule has 0 aromatic heterocycles. The summed E-state index contributed by atoms with van der Waals surface area (Å²) in [7, 11) is 0. The highest BCUT2D eigenvalue weighted by Gasteiger charge is 2.11. The van der Waals surface area contributed by atoms with Crippen LogP contribution in [0.25, 0.3) is 0 Å². The molecule has 0 saturated heterocycles. The number of alkyl halides is 1. The van der Waals surface area contributed by atoms with Gasteiger partial charge in [-0.3, -0.25) is 0 Å². The first-order chi connectivity index (χ1) is 3.92. The number of hydrogen-bond donors (Lipinski definition) is 0. The van der Waals surface area contributed by atoms with Gasteiger partial charge in [0.25, 0.3) is 0 Å². The molecule has 0 aliphatic carbocycles. The molecule has 0 rings (SSSR count). The molecule has 0 N–H and O–H groups in total. The van der Waals surface area contributed by atoms with Gasteiger partial charge in [0, 0.05) is 3.42 Å². The summed E-state index contributed by atoms with van der Waals surface area (Å²) >= 11 is 2.51. The monoisotopic (exact) mass is 240 g/mol. The van der Waals surface area contributed by atoms with E-state index < -0.39 is 0 Å². The molecule has 0 bridgehead atoms. The van der Waals surface area contributed by atoms with Gasteiger partial charge >= 0.3 is 0 Å². The lowest BCUT2D eigenvalue weighted by Crippen LogP contribution is -2.09. The maximum atomic E-state index is 2.51. The first-order valence-corrected chi connectivity index (χ1v) is 4.68. The van der Waals surface area contributed by atoms with Crippen molar-refractivity contribution in [1.82, 2.24) is 0 Å². The fourth-order valence-corrected chi connectivity index (χ4v) is 0.943. The second-order valence-corrected chi connectivity index (χ2v) is 6.57. The Hall–Kier alpha value is 0.730. The van der Waals surface area contributed by atoms with E-state index in [1.165, 1.54) is 12.8 Å². The molecule has 0 aromatic rings. The highest BCUT2D eigenvalue weighted by molar-refractivity contribution is 14.1. The predicted molar refractivity (Wildman–Crippen MR) is 52.2 cm³/mol. The van der Waals surface area contributed by atoms with Gasteiger partial charge in [-0.2, -0.15) is 0 Å². The van der Waals surface area contributed by atoms with Crippen LogP contribution in [0.5, 0.6) is 0 Å². The molecule has 0 unspecified atom stereocenters. The van der Waals surface area contributed by atoms with Crippen LogP contribution in [0.3, 0.4) is 0 Å². The van der Waals surface area contributed by atoms with E-state index in [9.17, 15) is 0 Å². The summed E-state index contributed by atoms with van der Waals surface area (Å²) in [5.41, 5.74) is 0. The van der Waals surface area contributed by atoms with Gasteiger partial charge in [0.05, 0.1) is 0 Å². The molecule has 0 fully saturated rings. The van der Waals surface area contributed by atoms with Crippen LogP contribution in [0.1, 0.15) is 40.5 Å². The van der Waals surface area contributed by atoms with Crippen molar-refractivity contribution in [2.45, 2.75) is 44.0 Å². The molecule has 0 saturated carbocycles. The third kappa shape index (κ3) is 8.73. The summed E-state index contributed by atoms with van der Waals surface area (Å²) < 4.78 is 0.502. The molecule has 0 aromatic carbocycles. The Morgan fingerprint density at radius 1 is 1.33 bits per heavy atom. The van der Waals surface area contributed by atoms with Crippen molar-refractivity contribution in [3.8, 4) is 0 Å². The number of rotatable bonds is 3. The van der Waals surface area contributed by atoms with Crippen molar-refractivity contribution < 1.29 is 0 Å². The number of halogens is 1. The fraction of sp³-hybridized carbons (Fsp3) is 1.00. The van der Waals surface area contributed by atoms with E-state index in [0.29, 0.717) is 3.42 Å². The lowest BCUT2D eigenvalue weighted by atomic mass is 10.0. The van der Waals surface area contributed by atoms with Crippen LogP contribution in [-0.4, -0.2) is 3.42 Å². The number of hydrogen-bond acceptors (Lipinski definition) is 0. The zero-order valence-electron chi connectivity index (χ0n) is 6.87. The predicted octanol–water partition coefficient (Wildman–Crippen LogP) is 3.64. The van der Waals surface area contributed by atoms with Gasteiger partial charge in [-0.05, 0) is 18.8 Å². The maximum Gasteiger partial charge on any atom is 0.0166 e. The van der Waals surface area contributed by atoms with Gasteiger partial charge in [-0.25, -0.2) is 0 Å². The second-order valence-electron chi connectivity index (χ2n) is 3.65. The topological polar surface area (TPSA) is 0 Å². The molecule has 0 aliphatic heterocycles. The van der Waals surface area contributed by atoms with Crippen LogP contribution < -0.4 is 0 Å². The highest BCUT2D eigenvalue weighted by Crippen LogP contribution is 2.24. The van der Waals surface area contributed by atoms with Gasteiger partial charge < -0.3 is 0 Å². The summed E-state index contributed by atoms with van der Waals surface area (Å²) in [6, 6.07) is 0. The lowest BCUT2D eigenvalue weighted by molar-refractivity contribution is 0.514. The molecular weight excluding hydrogens is 223 g/mol. The third-order valence-electron chi connectivity index (χ3n) is 1.32. The normalized spacial score (nSPS) is 12.7. The molecule has 0 heterocycles. The maximum absolute atomic E-state index is 2.51. The van der Waals surface area contributed by atoms with Crippen molar-refractivity contribution in [1.29, 1.82) is 0 Å². The Morgan fingerprint density at radius 2 is 1.78 bits per heavy atom. The summed E-state index contributed by atoms with van der Waals surface area (Å²) in [4.78, 5) is 0. The molecular formula is C8H17I. The van der Waals surface area contributed by atoms with E-state index >= 15 is 0 Å². The largest absolute Gasteiger partial charge is 0.0795 e. The van der Waals surface area contributed by atoms with Crippen LogP contribution in [0.15, 0.2) is 0 Å². The molecule has 0 amide bonds. The average Bonchev–Trinajstić information content (AvgIpc) is 1.59. The van der Waals surface area contributed by atoms with Crippen molar-refractivity contribution in [2.24, 2.45) is 5.92 Å². The van der Waals surface area contributed by atoms with Crippen LogP contribution in [0.4, 0.5) is 0 Å². The quantitative estimate of drug-likeness (QED) is 0.522. The van der Waals surface area contributed by atoms with Crippen molar-refractivity contribution in [2.75, 3.05) is 0 Å². The Morgan fingerprint density at radius 3 is 1.89 bits per heavy atom. The van der Waals surface area contributed by atoms with E-state index in [1.54, 1.807) is 0 Å². The third-order valence-corrected chi connectivity index (χ3v) is 1.86. The molecule has 0 spiro atoms. The fourth-order valence-electron chi connectivity index (χ4n) is 0.632. The van der Waals surface area contributed by atoms with Gasteiger partial charge in [0.15, 0.2) is 0 Å². The summed E-state index contributed by atoms with van der Waals surface area (Å²) in [6.45, 7) is 9.14. The van der Waals surface area contributed by atoms with Crippen LogP contribution in [-0.2, 0) is 0 Å². The van der Waals surface area contributed by atoms with Crippen molar-refractivity contribution >= 4 is 22.6 Å². The van der Waals surface area contributed by atoms with Crippen LogP contribution >= 0.6 is 22.6 Å². The van der Waals surface area contributed by atoms with Gasteiger partial charge in [0.2, 0.25) is 0 Å². The Kier molecular flexibility index (Phi) is 4.10. The Labute approximate surface area is 72.6 Å². The summed E-state index contributed by atoms with van der Waals surface area (Å²) in [5, 5.41) is 0. The molecule has 0 atom stereocenters. The first kappa shape index (κ1) is 9.73. The van der Waals surface area contributed by atoms with Crippen molar-refractivity contribution in [3.05, 3.63) is 0 Å². The van der Waals surface area contributed by atoms with Crippen molar-refractivity contribution in [3.63, 3.8) is 0 Å². The van der Waals surface area contributed by atoms with Gasteiger partial charge in [0.1, 0.15) is 0 Å². The smallest absolute Gasteiger partial charge is 0.0166 e. The van der Waals surface area contributed by atoms with Gasteiger partial charge in [-0.1, -0.05) is 50.3 Å². The molecule has 56 valence electrons. The minimum absolute atomic E-state index is 0.502. The van der Waals surface area contributed by atoms with Crippen LogP contribution in [0.2, 0.25) is 0 Å². The van der Waals surface area contributed by atoms with E-state index in [-0.39, 0.29) is 0 Å². The van der Waals surface area contributed by atoms with E-state index in [2.05, 4.69) is 50.3 Å². The second kappa shape index (κ2) is 3.79. The molecule has 0 radical (unpaired) electrons. The first-order valence-electron chi connectivity index (χ1n) is 3.61. The SMILES string of the molecule is CC(C)CCC(C)(C)I. The standard InChI is InChI=1S/C8H17I/c1-7(2)5-6-8(3,4)9/h7H,5-6H2,1-4H3. The molecule has 9 heavy (non-hydrogen) atoms. The minimum Gasteiger partial charge on any atom is -0.0795 e. The molecule has 0 aliphatic rings. The molecule has 1 heteroatoms. The highest BCUT2D eigenvalue weighted by atomic mass is 127. The average molecular weight is 240 g/mol. The zero-order valence-corrected chi connectivity index (χ0v) is 9.03.